The van der Waals surface area contributed by atoms with E-state index in [4.69, 9.17) is 15.2 Å². The topological polar surface area (TPSA) is 44.5 Å². The Morgan fingerprint density at radius 2 is 1.75 bits per heavy atom. The lowest BCUT2D eigenvalue weighted by Crippen LogP contribution is -2.13. The summed E-state index contributed by atoms with van der Waals surface area (Å²) in [5.41, 5.74) is 8.01. The average Bonchev–Trinajstić information content (AvgIpc) is 2.45. The van der Waals surface area contributed by atoms with Gasteiger partial charge in [0.15, 0.2) is 11.5 Å². The first kappa shape index (κ1) is 15.1. The molecule has 0 saturated heterocycles. The maximum absolute atomic E-state index is 13.1. The van der Waals surface area contributed by atoms with Gasteiger partial charge in [-0.25, -0.2) is 4.39 Å². The highest BCUT2D eigenvalue weighted by Gasteiger charge is 2.15. The fourth-order valence-corrected chi connectivity index (χ4v) is 2.79. The zero-order valence-electron chi connectivity index (χ0n) is 11.2. The van der Waals surface area contributed by atoms with Gasteiger partial charge in [0.1, 0.15) is 5.82 Å². The number of halogens is 2. The van der Waals surface area contributed by atoms with Gasteiger partial charge in [-0.2, -0.15) is 0 Å². The van der Waals surface area contributed by atoms with Gasteiger partial charge in [-0.15, -0.1) is 0 Å². The van der Waals surface area contributed by atoms with Crippen molar-refractivity contribution in [3.05, 3.63) is 56.9 Å². The second kappa shape index (κ2) is 6.41. The van der Waals surface area contributed by atoms with Gasteiger partial charge in [0.25, 0.3) is 0 Å². The summed E-state index contributed by atoms with van der Waals surface area (Å²) < 4.78 is 24.4. The molecule has 0 bridgehead atoms. The van der Waals surface area contributed by atoms with Crippen LogP contribution >= 0.6 is 22.6 Å². The van der Waals surface area contributed by atoms with Gasteiger partial charge in [0.05, 0.1) is 20.3 Å². The van der Waals surface area contributed by atoms with Crippen molar-refractivity contribution in [2.75, 3.05) is 14.2 Å². The Bertz CT molecular complexity index is 619. The molecule has 20 heavy (non-hydrogen) atoms. The zero-order valence-corrected chi connectivity index (χ0v) is 13.3. The number of rotatable bonds is 4. The Hall–Kier alpha value is -1.34. The molecule has 5 heteroatoms. The van der Waals surface area contributed by atoms with Gasteiger partial charge in [0, 0.05) is 3.57 Å². The SMILES string of the molecule is COc1ccc(C(N)c2ccc(F)cc2I)cc1OC. The normalized spacial score (nSPS) is 12.1. The number of hydrogen-bond acceptors (Lipinski definition) is 3. The van der Waals surface area contributed by atoms with E-state index in [9.17, 15) is 4.39 Å². The van der Waals surface area contributed by atoms with E-state index >= 15 is 0 Å². The van der Waals surface area contributed by atoms with Crippen LogP contribution in [0.2, 0.25) is 0 Å². The molecule has 0 aliphatic heterocycles. The third kappa shape index (κ3) is 3.04. The van der Waals surface area contributed by atoms with Crippen LogP contribution in [0, 0.1) is 9.39 Å². The van der Waals surface area contributed by atoms with E-state index in [-0.39, 0.29) is 11.9 Å². The zero-order chi connectivity index (χ0) is 14.7. The highest BCUT2D eigenvalue weighted by atomic mass is 127. The van der Waals surface area contributed by atoms with Crippen molar-refractivity contribution in [3.8, 4) is 11.5 Å². The molecule has 2 aromatic rings. The Balaban J connectivity index is 2.40. The minimum Gasteiger partial charge on any atom is -0.493 e. The van der Waals surface area contributed by atoms with E-state index in [1.54, 1.807) is 20.3 Å². The van der Waals surface area contributed by atoms with Crippen LogP contribution in [0.4, 0.5) is 4.39 Å². The first-order valence-electron chi connectivity index (χ1n) is 5.99. The molecule has 0 saturated carbocycles. The molecule has 0 aromatic heterocycles. The third-order valence-electron chi connectivity index (χ3n) is 3.06. The largest absolute Gasteiger partial charge is 0.493 e. The Morgan fingerprint density at radius 3 is 2.35 bits per heavy atom. The van der Waals surface area contributed by atoms with E-state index in [0.717, 1.165) is 14.7 Å². The third-order valence-corrected chi connectivity index (χ3v) is 4.00. The van der Waals surface area contributed by atoms with Crippen molar-refractivity contribution >= 4 is 22.6 Å². The highest BCUT2D eigenvalue weighted by molar-refractivity contribution is 14.1. The van der Waals surface area contributed by atoms with Crippen LogP contribution < -0.4 is 15.2 Å². The van der Waals surface area contributed by atoms with Gasteiger partial charge in [-0.1, -0.05) is 12.1 Å². The number of nitrogens with two attached hydrogens (primary N) is 1. The second-order valence-corrected chi connectivity index (χ2v) is 5.42. The van der Waals surface area contributed by atoms with Crippen molar-refractivity contribution in [3.63, 3.8) is 0 Å². The van der Waals surface area contributed by atoms with Crippen molar-refractivity contribution in [1.82, 2.24) is 0 Å². The summed E-state index contributed by atoms with van der Waals surface area (Å²) in [6, 6.07) is 9.77. The van der Waals surface area contributed by atoms with Gasteiger partial charge >= 0.3 is 0 Å². The second-order valence-electron chi connectivity index (χ2n) is 4.26. The van der Waals surface area contributed by atoms with E-state index in [1.165, 1.54) is 12.1 Å². The van der Waals surface area contributed by atoms with Crippen molar-refractivity contribution in [1.29, 1.82) is 0 Å². The van der Waals surface area contributed by atoms with E-state index in [2.05, 4.69) is 22.6 Å². The maximum atomic E-state index is 13.1. The molecule has 0 aliphatic rings. The monoisotopic (exact) mass is 387 g/mol. The van der Waals surface area contributed by atoms with Crippen molar-refractivity contribution in [2.24, 2.45) is 5.73 Å². The van der Waals surface area contributed by atoms with Crippen LogP contribution in [0.25, 0.3) is 0 Å². The molecule has 0 spiro atoms. The first-order valence-corrected chi connectivity index (χ1v) is 7.07. The molecule has 0 aliphatic carbocycles. The highest BCUT2D eigenvalue weighted by Crippen LogP contribution is 2.32. The fourth-order valence-electron chi connectivity index (χ4n) is 1.98. The van der Waals surface area contributed by atoms with Crippen LogP contribution in [-0.4, -0.2) is 14.2 Å². The van der Waals surface area contributed by atoms with Gasteiger partial charge in [-0.05, 0) is 58.0 Å². The predicted octanol–water partition coefficient (Wildman–Crippen LogP) is 3.50. The number of methoxy groups -OCH3 is 2. The van der Waals surface area contributed by atoms with Crippen LogP contribution in [0.5, 0.6) is 11.5 Å². The van der Waals surface area contributed by atoms with E-state index in [0.29, 0.717) is 11.5 Å². The molecule has 2 N–H and O–H groups in total. The first-order chi connectivity index (χ1) is 9.56. The summed E-state index contributed by atoms with van der Waals surface area (Å²) in [7, 11) is 3.16. The maximum Gasteiger partial charge on any atom is 0.161 e. The summed E-state index contributed by atoms with van der Waals surface area (Å²) in [4.78, 5) is 0. The molecule has 1 unspecified atom stereocenters. The smallest absolute Gasteiger partial charge is 0.161 e. The fraction of sp³-hybridized carbons (Fsp3) is 0.200. The number of benzene rings is 2. The summed E-state index contributed by atoms with van der Waals surface area (Å²) in [6.45, 7) is 0. The molecule has 0 radical (unpaired) electrons. The van der Waals surface area contributed by atoms with Crippen LogP contribution in [0.1, 0.15) is 17.2 Å². The van der Waals surface area contributed by atoms with Crippen molar-refractivity contribution < 1.29 is 13.9 Å². The van der Waals surface area contributed by atoms with E-state index < -0.39 is 0 Å². The van der Waals surface area contributed by atoms with Crippen LogP contribution in [-0.2, 0) is 0 Å². The standard InChI is InChI=1S/C15H15FINO2/c1-19-13-6-3-9(7-14(13)20-2)15(18)11-5-4-10(16)8-12(11)17/h3-8,15H,18H2,1-2H3. The lowest BCUT2D eigenvalue weighted by atomic mass is 9.99. The van der Waals surface area contributed by atoms with Gasteiger partial charge in [0.2, 0.25) is 0 Å². The summed E-state index contributed by atoms with van der Waals surface area (Å²) >= 11 is 2.08. The molecule has 0 fully saturated rings. The van der Waals surface area contributed by atoms with Crippen LogP contribution in [0.3, 0.4) is 0 Å². The minimum atomic E-state index is -0.345. The minimum absolute atomic E-state index is 0.266. The molecule has 3 nitrogen and oxygen atoms in total. The van der Waals surface area contributed by atoms with Crippen molar-refractivity contribution in [2.45, 2.75) is 6.04 Å². The molecule has 0 heterocycles. The molecular weight excluding hydrogens is 372 g/mol. The summed E-state index contributed by atoms with van der Waals surface area (Å²) in [5, 5.41) is 0. The predicted molar refractivity (Wildman–Crippen MR) is 84.7 cm³/mol. The Labute approximate surface area is 131 Å². The van der Waals surface area contributed by atoms with E-state index in [1.807, 2.05) is 18.2 Å². The lowest BCUT2D eigenvalue weighted by Gasteiger charge is -2.16. The molecule has 2 aromatic carbocycles. The van der Waals surface area contributed by atoms with Crippen LogP contribution in [0.15, 0.2) is 36.4 Å². The number of hydrogen-bond donors (Lipinski definition) is 1. The summed E-state index contributed by atoms with van der Waals surface area (Å²) in [6.07, 6.45) is 0. The molecular formula is C15H15FINO2. The van der Waals surface area contributed by atoms with Gasteiger partial charge < -0.3 is 15.2 Å². The van der Waals surface area contributed by atoms with Gasteiger partial charge in [-0.3, -0.25) is 0 Å². The molecule has 1 atom stereocenters. The molecule has 2 rings (SSSR count). The Kier molecular flexibility index (Phi) is 4.82. The average molecular weight is 387 g/mol. The Morgan fingerprint density at radius 1 is 1.05 bits per heavy atom. The lowest BCUT2D eigenvalue weighted by molar-refractivity contribution is 0.354. The summed E-state index contributed by atoms with van der Waals surface area (Å²) in [5.74, 6) is 1.01. The molecule has 0 amide bonds. The number of ether oxygens (including phenoxy) is 2. The molecule has 106 valence electrons. The quantitative estimate of drug-likeness (QED) is 0.817.